The third-order valence-corrected chi connectivity index (χ3v) is 1.65. The van der Waals surface area contributed by atoms with Crippen molar-refractivity contribution in [3.05, 3.63) is 10.8 Å². The van der Waals surface area contributed by atoms with Gasteiger partial charge in [-0.15, -0.1) is 0 Å². The van der Waals surface area contributed by atoms with Crippen molar-refractivity contribution in [1.29, 1.82) is 0 Å². The first-order chi connectivity index (χ1) is 5.09. The van der Waals surface area contributed by atoms with Gasteiger partial charge in [-0.1, -0.05) is 0 Å². The molecule has 1 heterocycles. The van der Waals surface area contributed by atoms with Crippen LogP contribution < -0.4 is 5.32 Å². The second-order valence-corrected chi connectivity index (χ2v) is 3.61. The lowest BCUT2D eigenvalue weighted by Crippen LogP contribution is -2.13. The summed E-state index contributed by atoms with van der Waals surface area (Å²) in [7, 11) is 1.96. The van der Waals surface area contributed by atoms with Crippen molar-refractivity contribution in [2.75, 3.05) is 5.32 Å². The molecule has 3 nitrogen and oxygen atoms in total. The molecule has 0 aliphatic carbocycles. The molecular weight excluding hydrogens is 206 g/mol. The number of anilines is 1. The number of hydrogen-bond acceptors (Lipinski definition) is 2. The van der Waals surface area contributed by atoms with E-state index >= 15 is 0 Å². The zero-order valence-corrected chi connectivity index (χ0v) is 8.51. The maximum Gasteiger partial charge on any atom is 0.203 e. The summed E-state index contributed by atoms with van der Waals surface area (Å²) in [5, 5.41) is 3.22. The molecule has 0 saturated heterocycles. The highest BCUT2D eigenvalue weighted by molar-refractivity contribution is 9.10. The Morgan fingerprint density at radius 2 is 2.27 bits per heavy atom. The molecule has 11 heavy (non-hydrogen) atoms. The number of aromatic nitrogens is 2. The molecule has 1 aromatic heterocycles. The average molecular weight is 218 g/mol. The van der Waals surface area contributed by atoms with Crippen LogP contribution in [0.4, 0.5) is 5.95 Å². The number of halogens is 1. The van der Waals surface area contributed by atoms with Crippen molar-refractivity contribution in [1.82, 2.24) is 9.55 Å². The maximum absolute atomic E-state index is 4.22. The molecule has 0 radical (unpaired) electrons. The lowest BCUT2D eigenvalue weighted by molar-refractivity contribution is 0.832. The molecule has 4 heteroatoms. The molecule has 0 saturated carbocycles. The van der Waals surface area contributed by atoms with Gasteiger partial charge in [0.1, 0.15) is 4.60 Å². The van der Waals surface area contributed by atoms with Gasteiger partial charge in [-0.3, -0.25) is 0 Å². The molecule has 0 aromatic carbocycles. The number of nitrogens with zero attached hydrogens (tertiary/aromatic N) is 2. The van der Waals surface area contributed by atoms with Gasteiger partial charge in [-0.25, -0.2) is 4.98 Å². The molecule has 1 aromatic rings. The Labute approximate surface area is 74.9 Å². The molecule has 1 N–H and O–H groups in total. The second-order valence-electron chi connectivity index (χ2n) is 2.80. The zero-order chi connectivity index (χ0) is 8.43. The van der Waals surface area contributed by atoms with Gasteiger partial charge in [0, 0.05) is 19.3 Å². The SMILES string of the molecule is CC(C)Nc1nc(Br)cn1C. The fraction of sp³-hybridized carbons (Fsp3) is 0.571. The van der Waals surface area contributed by atoms with Crippen LogP contribution in [0, 0.1) is 0 Å². The zero-order valence-electron chi connectivity index (χ0n) is 6.93. The van der Waals surface area contributed by atoms with Crippen LogP contribution >= 0.6 is 15.9 Å². The minimum atomic E-state index is 0.419. The third-order valence-electron chi connectivity index (χ3n) is 1.26. The fourth-order valence-electron chi connectivity index (χ4n) is 0.822. The molecule has 62 valence electrons. The van der Waals surface area contributed by atoms with Gasteiger partial charge in [0.15, 0.2) is 0 Å². The lowest BCUT2D eigenvalue weighted by atomic mass is 10.4. The predicted molar refractivity (Wildman–Crippen MR) is 49.7 cm³/mol. The molecule has 0 amide bonds. The topological polar surface area (TPSA) is 29.9 Å². The van der Waals surface area contributed by atoms with Crippen LogP contribution in [0.3, 0.4) is 0 Å². The smallest absolute Gasteiger partial charge is 0.203 e. The number of nitrogens with one attached hydrogen (secondary N) is 1. The van der Waals surface area contributed by atoms with E-state index in [1.165, 1.54) is 0 Å². The lowest BCUT2D eigenvalue weighted by Gasteiger charge is -2.07. The van der Waals surface area contributed by atoms with Crippen LogP contribution in [0.25, 0.3) is 0 Å². The van der Waals surface area contributed by atoms with E-state index in [0.717, 1.165) is 10.6 Å². The van der Waals surface area contributed by atoms with E-state index in [-0.39, 0.29) is 0 Å². The van der Waals surface area contributed by atoms with Crippen LogP contribution in [-0.2, 0) is 7.05 Å². The third kappa shape index (κ3) is 2.22. The normalized spacial score (nSPS) is 10.6. The Morgan fingerprint density at radius 1 is 1.64 bits per heavy atom. The van der Waals surface area contributed by atoms with Crippen molar-refractivity contribution in [3.63, 3.8) is 0 Å². The van der Waals surface area contributed by atoms with Crippen LogP contribution in [0.1, 0.15) is 13.8 Å². The summed E-state index contributed by atoms with van der Waals surface area (Å²) in [5.41, 5.74) is 0. The summed E-state index contributed by atoms with van der Waals surface area (Å²) in [6.45, 7) is 4.17. The molecule has 0 fully saturated rings. The van der Waals surface area contributed by atoms with Crippen LogP contribution in [0.2, 0.25) is 0 Å². The van der Waals surface area contributed by atoms with E-state index in [9.17, 15) is 0 Å². The Hall–Kier alpha value is -0.510. The van der Waals surface area contributed by atoms with Gasteiger partial charge in [0.05, 0.1) is 0 Å². The fourth-order valence-corrected chi connectivity index (χ4v) is 1.30. The van der Waals surface area contributed by atoms with Crippen LogP contribution in [-0.4, -0.2) is 15.6 Å². The average Bonchev–Trinajstić information content (AvgIpc) is 2.09. The van der Waals surface area contributed by atoms with Gasteiger partial charge in [0.25, 0.3) is 0 Å². The van der Waals surface area contributed by atoms with Gasteiger partial charge < -0.3 is 9.88 Å². The number of rotatable bonds is 2. The van der Waals surface area contributed by atoms with Crippen molar-refractivity contribution < 1.29 is 0 Å². The van der Waals surface area contributed by atoms with Gasteiger partial charge in [-0.05, 0) is 29.8 Å². The molecule has 0 aliphatic rings. The first kappa shape index (κ1) is 8.59. The van der Waals surface area contributed by atoms with Gasteiger partial charge in [0.2, 0.25) is 5.95 Å². The standard InChI is InChI=1S/C7H12BrN3/c1-5(2)9-7-10-6(8)4-11(7)3/h4-5H,1-3H3,(H,9,10). The quantitative estimate of drug-likeness (QED) is 0.822. The minimum absolute atomic E-state index is 0.419. The Kier molecular flexibility index (Phi) is 2.54. The van der Waals surface area contributed by atoms with E-state index in [1.54, 1.807) is 0 Å². The van der Waals surface area contributed by atoms with Crippen LogP contribution in [0.15, 0.2) is 10.8 Å². The van der Waals surface area contributed by atoms with Crippen molar-refractivity contribution in [3.8, 4) is 0 Å². The van der Waals surface area contributed by atoms with E-state index < -0.39 is 0 Å². The first-order valence-electron chi connectivity index (χ1n) is 3.55. The largest absolute Gasteiger partial charge is 0.353 e. The summed E-state index contributed by atoms with van der Waals surface area (Å²) >= 11 is 3.30. The van der Waals surface area contributed by atoms with E-state index in [2.05, 4.69) is 40.1 Å². The molecule has 0 atom stereocenters. The molecule has 1 rings (SSSR count). The molecular formula is C7H12BrN3. The summed E-state index contributed by atoms with van der Waals surface area (Å²) in [4.78, 5) is 4.22. The minimum Gasteiger partial charge on any atom is -0.353 e. The molecule has 0 unspecified atom stereocenters. The van der Waals surface area contributed by atoms with E-state index in [0.29, 0.717) is 6.04 Å². The van der Waals surface area contributed by atoms with Crippen molar-refractivity contribution in [2.24, 2.45) is 7.05 Å². The maximum atomic E-state index is 4.22. The Morgan fingerprint density at radius 3 is 2.64 bits per heavy atom. The summed E-state index contributed by atoms with van der Waals surface area (Å²) in [6.07, 6.45) is 1.92. The Balaban J connectivity index is 2.77. The highest BCUT2D eigenvalue weighted by Gasteiger charge is 2.02. The van der Waals surface area contributed by atoms with Gasteiger partial charge >= 0.3 is 0 Å². The second kappa shape index (κ2) is 3.26. The summed E-state index contributed by atoms with van der Waals surface area (Å²) in [5.74, 6) is 0.895. The number of hydrogen-bond donors (Lipinski definition) is 1. The van der Waals surface area contributed by atoms with Crippen LogP contribution in [0.5, 0.6) is 0 Å². The summed E-state index contributed by atoms with van der Waals surface area (Å²) < 4.78 is 2.81. The Bertz CT molecular complexity index is 242. The highest BCUT2D eigenvalue weighted by Crippen LogP contribution is 2.12. The molecule has 0 spiro atoms. The monoisotopic (exact) mass is 217 g/mol. The van der Waals surface area contributed by atoms with Gasteiger partial charge in [-0.2, -0.15) is 0 Å². The van der Waals surface area contributed by atoms with E-state index in [4.69, 9.17) is 0 Å². The van der Waals surface area contributed by atoms with Crippen molar-refractivity contribution >= 4 is 21.9 Å². The number of imidazole rings is 1. The molecule has 0 aliphatic heterocycles. The molecule has 0 bridgehead atoms. The number of aryl methyl sites for hydroxylation is 1. The summed E-state index contributed by atoms with van der Waals surface area (Å²) in [6, 6.07) is 0.419. The van der Waals surface area contributed by atoms with Crippen molar-refractivity contribution in [2.45, 2.75) is 19.9 Å². The highest BCUT2D eigenvalue weighted by atomic mass is 79.9. The first-order valence-corrected chi connectivity index (χ1v) is 4.34. The van der Waals surface area contributed by atoms with E-state index in [1.807, 2.05) is 17.8 Å². The predicted octanol–water partition coefficient (Wildman–Crippen LogP) is 2.00.